The van der Waals surface area contributed by atoms with Gasteiger partial charge in [0.2, 0.25) is 10.0 Å². The van der Waals surface area contributed by atoms with Crippen LogP contribution < -0.4 is 4.72 Å². The number of rotatable bonds is 6. The third-order valence-corrected chi connectivity index (χ3v) is 10.3. The lowest BCUT2D eigenvalue weighted by molar-refractivity contribution is 0.0899. The van der Waals surface area contributed by atoms with Gasteiger partial charge in [-0.3, -0.25) is 4.72 Å². The fraction of sp³-hybridized carbons (Fsp3) is 0.688. The number of sulfonamides is 1. The Bertz CT molecular complexity index is 632. The molecule has 0 saturated heterocycles. The van der Waals surface area contributed by atoms with Crippen LogP contribution in [0.15, 0.2) is 18.3 Å². The SMILES string of the molecule is CCS(=O)(=O)Nc1ccc(C(C)(C)O[Si](C)(C)C(C)(C)C)cn1. The Morgan fingerprint density at radius 1 is 1.17 bits per heavy atom. The van der Waals surface area contributed by atoms with Crippen LogP contribution in [0, 0.1) is 0 Å². The molecule has 1 rings (SSSR count). The molecule has 0 aliphatic carbocycles. The first-order valence-corrected chi connectivity index (χ1v) is 12.4. The zero-order valence-electron chi connectivity index (χ0n) is 15.5. The molecule has 132 valence electrons. The lowest BCUT2D eigenvalue weighted by Crippen LogP contribution is -2.46. The second-order valence-electron chi connectivity index (χ2n) is 7.81. The summed E-state index contributed by atoms with van der Waals surface area (Å²) in [5, 5.41) is 0.119. The number of nitrogens with one attached hydrogen (secondary N) is 1. The van der Waals surface area contributed by atoms with Crippen molar-refractivity contribution >= 4 is 24.2 Å². The molecule has 0 bridgehead atoms. The molecule has 0 atom stereocenters. The lowest BCUT2D eigenvalue weighted by atomic mass is 10.0. The van der Waals surface area contributed by atoms with E-state index in [1.54, 1.807) is 19.2 Å². The summed E-state index contributed by atoms with van der Waals surface area (Å²) in [6, 6.07) is 3.55. The van der Waals surface area contributed by atoms with Crippen LogP contribution >= 0.6 is 0 Å². The molecular weight excluding hydrogens is 328 g/mol. The lowest BCUT2D eigenvalue weighted by Gasteiger charge is -2.42. The maximum Gasteiger partial charge on any atom is 0.233 e. The van der Waals surface area contributed by atoms with E-state index in [4.69, 9.17) is 4.43 Å². The summed E-state index contributed by atoms with van der Waals surface area (Å²) in [6.45, 7) is 16.7. The maximum absolute atomic E-state index is 11.6. The smallest absolute Gasteiger partial charge is 0.233 e. The Kier molecular flexibility index (Phi) is 5.71. The van der Waals surface area contributed by atoms with Gasteiger partial charge in [0, 0.05) is 11.8 Å². The monoisotopic (exact) mass is 358 g/mol. The molecule has 1 aromatic rings. The zero-order valence-corrected chi connectivity index (χ0v) is 17.3. The zero-order chi connectivity index (χ0) is 18.1. The number of hydrogen-bond donors (Lipinski definition) is 1. The fourth-order valence-electron chi connectivity index (χ4n) is 1.89. The first-order valence-electron chi connectivity index (χ1n) is 7.87. The topological polar surface area (TPSA) is 68.3 Å². The van der Waals surface area contributed by atoms with Crippen molar-refractivity contribution in [3.8, 4) is 0 Å². The highest BCUT2D eigenvalue weighted by molar-refractivity contribution is 7.92. The van der Waals surface area contributed by atoms with Gasteiger partial charge in [-0.25, -0.2) is 13.4 Å². The number of anilines is 1. The third-order valence-electron chi connectivity index (χ3n) is 4.42. The van der Waals surface area contributed by atoms with Gasteiger partial charge in [-0.2, -0.15) is 0 Å². The minimum absolute atomic E-state index is 0.0242. The Morgan fingerprint density at radius 2 is 1.74 bits per heavy atom. The van der Waals surface area contributed by atoms with Crippen LogP contribution in [0.5, 0.6) is 0 Å². The molecule has 0 fully saturated rings. The minimum atomic E-state index is -3.31. The molecule has 5 nitrogen and oxygen atoms in total. The molecule has 1 heterocycles. The molecule has 7 heteroatoms. The molecular formula is C16H30N2O3SSi. The molecule has 0 amide bonds. The van der Waals surface area contributed by atoms with Crippen LogP contribution in [0.2, 0.25) is 18.1 Å². The molecule has 0 aliphatic rings. The second-order valence-corrected chi connectivity index (χ2v) is 14.5. The summed E-state index contributed by atoms with van der Waals surface area (Å²) >= 11 is 0. The summed E-state index contributed by atoms with van der Waals surface area (Å²) in [6.07, 6.45) is 1.68. The van der Waals surface area contributed by atoms with Crippen LogP contribution in [0.25, 0.3) is 0 Å². The van der Waals surface area contributed by atoms with Gasteiger partial charge in [-0.15, -0.1) is 0 Å². The molecule has 0 unspecified atom stereocenters. The first kappa shape index (κ1) is 20.1. The van der Waals surface area contributed by atoms with E-state index in [2.05, 4.69) is 43.6 Å². The van der Waals surface area contributed by atoms with Crippen LogP contribution in [0.1, 0.15) is 47.1 Å². The van der Waals surface area contributed by atoms with Gasteiger partial charge in [0.05, 0.1) is 11.4 Å². The average Bonchev–Trinajstić information content (AvgIpc) is 2.36. The van der Waals surface area contributed by atoms with Crippen molar-refractivity contribution in [3.05, 3.63) is 23.9 Å². The van der Waals surface area contributed by atoms with Gasteiger partial charge in [-0.05, 0) is 45.0 Å². The predicted molar refractivity (Wildman–Crippen MR) is 98.6 cm³/mol. The van der Waals surface area contributed by atoms with Crippen molar-refractivity contribution in [1.29, 1.82) is 0 Å². The molecule has 0 aliphatic heterocycles. The Balaban J connectivity index is 2.98. The highest BCUT2D eigenvalue weighted by atomic mass is 32.2. The standard InChI is InChI=1S/C16H30N2O3SSi/c1-9-22(19,20)18-14-11-10-13(12-17-14)16(5,6)21-23(7,8)15(2,3)4/h10-12H,9H2,1-8H3,(H,17,18). The van der Waals surface area contributed by atoms with Crippen LogP contribution in [-0.4, -0.2) is 27.5 Å². The minimum Gasteiger partial charge on any atom is -0.408 e. The van der Waals surface area contributed by atoms with Gasteiger partial charge >= 0.3 is 0 Å². The van der Waals surface area contributed by atoms with Crippen LogP contribution in [0.4, 0.5) is 5.82 Å². The summed E-state index contributed by atoms with van der Waals surface area (Å²) in [5.41, 5.74) is 0.458. The number of hydrogen-bond acceptors (Lipinski definition) is 4. The van der Waals surface area contributed by atoms with Crippen molar-refractivity contribution in [2.75, 3.05) is 10.5 Å². The maximum atomic E-state index is 11.6. The van der Waals surface area contributed by atoms with Crippen LogP contribution in [-0.2, 0) is 20.1 Å². The summed E-state index contributed by atoms with van der Waals surface area (Å²) in [4.78, 5) is 4.22. The highest BCUT2D eigenvalue weighted by Gasteiger charge is 2.42. The van der Waals surface area contributed by atoms with Crippen molar-refractivity contribution < 1.29 is 12.8 Å². The summed E-state index contributed by atoms with van der Waals surface area (Å²) in [5.74, 6) is 0.356. The number of aromatic nitrogens is 1. The molecule has 23 heavy (non-hydrogen) atoms. The van der Waals surface area contributed by atoms with Crippen molar-refractivity contribution in [2.45, 2.75) is 65.3 Å². The average molecular weight is 359 g/mol. The molecule has 0 spiro atoms. The number of pyridine rings is 1. The molecule has 1 N–H and O–H groups in total. The predicted octanol–water partition coefficient (Wildman–Crippen LogP) is 4.10. The van der Waals surface area contributed by atoms with E-state index in [1.807, 2.05) is 19.9 Å². The van der Waals surface area contributed by atoms with Gasteiger partial charge in [-0.1, -0.05) is 26.8 Å². The largest absolute Gasteiger partial charge is 0.408 e. The number of nitrogens with zero attached hydrogens (tertiary/aromatic N) is 1. The fourth-order valence-corrected chi connectivity index (χ4v) is 4.18. The normalized spacial score (nSPS) is 13.9. The van der Waals surface area contributed by atoms with Crippen molar-refractivity contribution in [2.24, 2.45) is 0 Å². The van der Waals surface area contributed by atoms with Crippen molar-refractivity contribution in [1.82, 2.24) is 4.98 Å². The Labute approximate surface area is 142 Å². The molecule has 1 aromatic heterocycles. The van der Waals surface area contributed by atoms with E-state index in [0.717, 1.165) is 5.56 Å². The van der Waals surface area contributed by atoms with E-state index in [-0.39, 0.29) is 10.8 Å². The quantitative estimate of drug-likeness (QED) is 0.777. The van der Waals surface area contributed by atoms with Gasteiger partial charge in [0.15, 0.2) is 8.32 Å². The first-order chi connectivity index (χ1) is 10.2. The van der Waals surface area contributed by atoms with Crippen molar-refractivity contribution in [3.63, 3.8) is 0 Å². The molecule has 0 aromatic carbocycles. The van der Waals surface area contributed by atoms with Gasteiger partial charge in [0.25, 0.3) is 0 Å². The van der Waals surface area contributed by atoms with E-state index in [9.17, 15) is 8.42 Å². The van der Waals surface area contributed by atoms with Gasteiger partial charge in [0.1, 0.15) is 5.82 Å². The molecule has 0 radical (unpaired) electrons. The summed E-state index contributed by atoms with van der Waals surface area (Å²) in [7, 11) is -5.23. The van der Waals surface area contributed by atoms with E-state index in [1.165, 1.54) is 0 Å². The van der Waals surface area contributed by atoms with Crippen LogP contribution in [0.3, 0.4) is 0 Å². The highest BCUT2D eigenvalue weighted by Crippen LogP contribution is 2.41. The van der Waals surface area contributed by atoms with E-state index >= 15 is 0 Å². The summed E-state index contributed by atoms with van der Waals surface area (Å²) < 4.78 is 32.1. The molecule has 0 saturated carbocycles. The Morgan fingerprint density at radius 3 is 2.13 bits per heavy atom. The van der Waals surface area contributed by atoms with E-state index < -0.39 is 23.9 Å². The van der Waals surface area contributed by atoms with Gasteiger partial charge < -0.3 is 4.43 Å². The van der Waals surface area contributed by atoms with E-state index in [0.29, 0.717) is 5.82 Å². The Hall–Kier alpha value is -0.923. The second kappa shape index (κ2) is 6.53. The third kappa shape index (κ3) is 5.29.